The number of carbonyl (C=O) groups is 2. The Morgan fingerprint density at radius 2 is 2.03 bits per heavy atom. The third kappa shape index (κ3) is 5.48. The molecule has 2 aliphatic rings. The number of anilines is 2. The van der Waals surface area contributed by atoms with Crippen LogP contribution in [0.5, 0.6) is 11.5 Å². The number of hydrogen-bond donors (Lipinski definition) is 1. The van der Waals surface area contributed by atoms with Crippen molar-refractivity contribution in [3.05, 3.63) is 47.5 Å². The van der Waals surface area contributed by atoms with E-state index < -0.39 is 6.10 Å². The zero-order valence-corrected chi connectivity index (χ0v) is 17.9. The van der Waals surface area contributed by atoms with E-state index in [9.17, 15) is 9.59 Å². The fraction of sp³-hybridized carbons (Fsp3) is 0.391. The summed E-state index contributed by atoms with van der Waals surface area (Å²) in [5.74, 6) is 1.14. The molecule has 0 aliphatic carbocycles. The van der Waals surface area contributed by atoms with Gasteiger partial charge in [0.1, 0.15) is 17.6 Å². The fourth-order valence-corrected chi connectivity index (χ4v) is 3.75. The van der Waals surface area contributed by atoms with E-state index in [0.29, 0.717) is 41.9 Å². The van der Waals surface area contributed by atoms with E-state index in [1.165, 1.54) is 0 Å². The van der Waals surface area contributed by atoms with Crippen LogP contribution in [0.3, 0.4) is 0 Å². The number of halogens is 1. The van der Waals surface area contributed by atoms with Gasteiger partial charge in [0.15, 0.2) is 6.61 Å². The molecular weight excluding hydrogens is 420 g/mol. The first-order chi connectivity index (χ1) is 15.1. The minimum absolute atomic E-state index is 0.00982. The van der Waals surface area contributed by atoms with Crippen molar-refractivity contribution >= 4 is 34.8 Å². The van der Waals surface area contributed by atoms with E-state index in [0.717, 1.165) is 31.4 Å². The third-order valence-corrected chi connectivity index (χ3v) is 5.50. The summed E-state index contributed by atoms with van der Waals surface area (Å²) >= 11 is 5.88. The summed E-state index contributed by atoms with van der Waals surface area (Å²) < 4.78 is 16.7. The topological polar surface area (TPSA) is 77.1 Å². The maximum atomic E-state index is 12.5. The molecule has 0 spiro atoms. The van der Waals surface area contributed by atoms with Crippen LogP contribution in [0.25, 0.3) is 0 Å². The minimum Gasteiger partial charge on any atom is -0.494 e. The summed E-state index contributed by atoms with van der Waals surface area (Å²) in [4.78, 5) is 26.5. The van der Waals surface area contributed by atoms with Gasteiger partial charge in [-0.2, -0.15) is 0 Å². The Hall–Kier alpha value is -2.77. The third-order valence-electron chi connectivity index (χ3n) is 5.25. The van der Waals surface area contributed by atoms with Gasteiger partial charge in [-0.15, -0.1) is 0 Å². The molecule has 7 nitrogen and oxygen atoms in total. The average Bonchev–Trinajstić information content (AvgIpc) is 3.31. The fourth-order valence-electron chi connectivity index (χ4n) is 3.63. The molecule has 2 amide bonds. The van der Waals surface area contributed by atoms with Crippen molar-refractivity contribution in [2.24, 2.45) is 0 Å². The number of unbranched alkanes of at least 4 members (excludes halogenated alkanes) is 1. The number of benzene rings is 2. The van der Waals surface area contributed by atoms with Crippen LogP contribution in [0.1, 0.15) is 25.7 Å². The second-order valence-corrected chi connectivity index (χ2v) is 7.95. The Bertz CT molecular complexity index is 928. The standard InChI is InChI=1S/C23H25ClN2O5/c24-16-5-8-18(9-6-16)29-12-2-1-11-26-19-14-17(7-10-20(19)31-15-22(26)27)25-23(28)21-4-3-13-30-21/h5-10,14,21H,1-4,11-13,15H2,(H,25,28). The Balaban J connectivity index is 1.33. The lowest BCUT2D eigenvalue weighted by molar-refractivity contribution is -0.124. The van der Waals surface area contributed by atoms with Gasteiger partial charge in [0.05, 0.1) is 12.3 Å². The molecule has 1 saturated heterocycles. The van der Waals surface area contributed by atoms with E-state index in [2.05, 4.69) is 5.32 Å². The van der Waals surface area contributed by atoms with Crippen molar-refractivity contribution < 1.29 is 23.8 Å². The van der Waals surface area contributed by atoms with E-state index in [-0.39, 0.29) is 18.4 Å². The molecule has 2 heterocycles. The summed E-state index contributed by atoms with van der Waals surface area (Å²) in [6.07, 6.45) is 2.76. The first-order valence-corrected chi connectivity index (χ1v) is 10.9. The van der Waals surface area contributed by atoms with Gasteiger partial charge in [-0.1, -0.05) is 11.6 Å². The first-order valence-electron chi connectivity index (χ1n) is 10.5. The number of amides is 2. The van der Waals surface area contributed by atoms with Crippen LogP contribution in [-0.4, -0.2) is 44.3 Å². The van der Waals surface area contributed by atoms with E-state index >= 15 is 0 Å². The maximum absolute atomic E-state index is 12.5. The van der Waals surface area contributed by atoms with Crippen molar-refractivity contribution in [1.29, 1.82) is 0 Å². The van der Waals surface area contributed by atoms with Crippen LogP contribution in [0.2, 0.25) is 5.02 Å². The number of hydrogen-bond acceptors (Lipinski definition) is 5. The predicted octanol–water partition coefficient (Wildman–Crippen LogP) is 4.04. The van der Waals surface area contributed by atoms with Gasteiger partial charge in [-0.3, -0.25) is 9.59 Å². The molecule has 164 valence electrons. The molecule has 4 rings (SSSR count). The highest BCUT2D eigenvalue weighted by Crippen LogP contribution is 2.35. The predicted molar refractivity (Wildman–Crippen MR) is 118 cm³/mol. The van der Waals surface area contributed by atoms with Gasteiger partial charge in [0.25, 0.3) is 11.8 Å². The molecule has 8 heteroatoms. The number of fused-ring (bicyclic) bond motifs is 1. The van der Waals surface area contributed by atoms with Gasteiger partial charge in [-0.05, 0) is 68.1 Å². The lowest BCUT2D eigenvalue weighted by Crippen LogP contribution is -2.39. The number of nitrogens with zero attached hydrogens (tertiary/aromatic N) is 1. The van der Waals surface area contributed by atoms with Crippen LogP contribution in [0.4, 0.5) is 11.4 Å². The Kier molecular flexibility index (Phi) is 6.94. The number of rotatable bonds is 8. The van der Waals surface area contributed by atoms with Gasteiger partial charge in [-0.25, -0.2) is 0 Å². The lowest BCUT2D eigenvalue weighted by Gasteiger charge is -2.30. The number of ether oxygens (including phenoxy) is 3. The molecule has 2 aromatic carbocycles. The zero-order valence-electron chi connectivity index (χ0n) is 17.1. The summed E-state index contributed by atoms with van der Waals surface area (Å²) in [6.45, 7) is 1.71. The van der Waals surface area contributed by atoms with Crippen molar-refractivity contribution in [3.8, 4) is 11.5 Å². The molecule has 0 bridgehead atoms. The summed E-state index contributed by atoms with van der Waals surface area (Å²) in [6, 6.07) is 12.6. The quantitative estimate of drug-likeness (QED) is 0.622. The zero-order chi connectivity index (χ0) is 21.6. The molecule has 31 heavy (non-hydrogen) atoms. The van der Waals surface area contributed by atoms with Crippen molar-refractivity contribution in [2.45, 2.75) is 31.8 Å². The summed E-state index contributed by atoms with van der Waals surface area (Å²) in [7, 11) is 0. The highest BCUT2D eigenvalue weighted by atomic mass is 35.5. The monoisotopic (exact) mass is 444 g/mol. The van der Waals surface area contributed by atoms with Crippen molar-refractivity contribution in [1.82, 2.24) is 0 Å². The second-order valence-electron chi connectivity index (χ2n) is 7.52. The van der Waals surface area contributed by atoms with Crippen LogP contribution in [0, 0.1) is 0 Å². The molecule has 2 aromatic rings. The number of carbonyl (C=O) groups excluding carboxylic acids is 2. The normalized spacial score (nSPS) is 17.8. The Morgan fingerprint density at radius 3 is 2.81 bits per heavy atom. The smallest absolute Gasteiger partial charge is 0.265 e. The largest absolute Gasteiger partial charge is 0.494 e. The molecule has 1 fully saturated rings. The second kappa shape index (κ2) is 10.0. The Morgan fingerprint density at radius 1 is 1.19 bits per heavy atom. The van der Waals surface area contributed by atoms with Crippen LogP contribution >= 0.6 is 11.6 Å². The SMILES string of the molecule is O=C(Nc1ccc2c(c1)N(CCCCOc1ccc(Cl)cc1)C(=O)CO2)C1CCCO1. The molecular formula is C23H25ClN2O5. The molecule has 2 aliphatic heterocycles. The minimum atomic E-state index is -0.411. The van der Waals surface area contributed by atoms with E-state index in [4.69, 9.17) is 25.8 Å². The summed E-state index contributed by atoms with van der Waals surface area (Å²) in [5, 5.41) is 3.55. The Labute approximate surface area is 186 Å². The van der Waals surface area contributed by atoms with Crippen molar-refractivity contribution in [3.63, 3.8) is 0 Å². The van der Waals surface area contributed by atoms with Crippen LogP contribution in [-0.2, 0) is 14.3 Å². The molecule has 1 unspecified atom stereocenters. The number of nitrogens with one attached hydrogen (secondary N) is 1. The lowest BCUT2D eigenvalue weighted by atomic mass is 10.1. The highest BCUT2D eigenvalue weighted by molar-refractivity contribution is 6.30. The van der Waals surface area contributed by atoms with Gasteiger partial charge < -0.3 is 24.4 Å². The highest BCUT2D eigenvalue weighted by Gasteiger charge is 2.27. The molecule has 0 aromatic heterocycles. The van der Waals surface area contributed by atoms with Gasteiger partial charge in [0, 0.05) is 23.9 Å². The van der Waals surface area contributed by atoms with Gasteiger partial charge in [0.2, 0.25) is 0 Å². The molecule has 0 saturated carbocycles. The average molecular weight is 445 g/mol. The summed E-state index contributed by atoms with van der Waals surface area (Å²) in [5.41, 5.74) is 1.29. The van der Waals surface area contributed by atoms with Gasteiger partial charge >= 0.3 is 0 Å². The maximum Gasteiger partial charge on any atom is 0.265 e. The van der Waals surface area contributed by atoms with Crippen LogP contribution in [0.15, 0.2) is 42.5 Å². The van der Waals surface area contributed by atoms with E-state index in [1.54, 1.807) is 35.2 Å². The first kappa shape index (κ1) is 21.5. The molecule has 0 radical (unpaired) electrons. The van der Waals surface area contributed by atoms with Crippen molar-refractivity contribution in [2.75, 3.05) is 36.6 Å². The molecule has 1 atom stereocenters. The van der Waals surface area contributed by atoms with Crippen LogP contribution < -0.4 is 19.7 Å². The molecule has 1 N–H and O–H groups in total. The van der Waals surface area contributed by atoms with E-state index in [1.807, 2.05) is 12.1 Å².